The van der Waals surface area contributed by atoms with Gasteiger partial charge < -0.3 is 5.11 Å². The fraction of sp³-hybridized carbons (Fsp3) is 0.238. The van der Waals surface area contributed by atoms with Crippen molar-refractivity contribution in [2.45, 2.75) is 31.0 Å². The number of carbonyl (C=O) groups is 1. The van der Waals surface area contributed by atoms with Gasteiger partial charge in [0.15, 0.2) is 5.69 Å². The maximum absolute atomic E-state index is 13.0. The molecule has 180 valence electrons. The number of thiazole rings is 1. The Balaban J connectivity index is 1.75. The van der Waals surface area contributed by atoms with Crippen molar-refractivity contribution in [3.8, 4) is 10.6 Å². The van der Waals surface area contributed by atoms with Gasteiger partial charge in [0.2, 0.25) is 10.0 Å². The molecule has 0 saturated carbocycles. The molecular weight excluding hydrogens is 533 g/mol. The molecule has 2 heterocycles. The monoisotopic (exact) mass is 548 g/mol. The summed E-state index contributed by atoms with van der Waals surface area (Å²) in [5.41, 5.74) is -0.675. The Morgan fingerprint density at radius 3 is 2.38 bits per heavy atom. The second-order valence-electron chi connectivity index (χ2n) is 7.79. The number of thiophene rings is 1. The molecule has 0 bridgehead atoms. The number of benzene rings is 2. The van der Waals surface area contributed by atoms with Gasteiger partial charge in [-0.25, -0.2) is 13.4 Å². The molecule has 0 aliphatic carbocycles. The molecule has 1 atom stereocenters. The molecule has 2 aromatic carbocycles. The predicted molar refractivity (Wildman–Crippen MR) is 127 cm³/mol. The van der Waals surface area contributed by atoms with Crippen molar-refractivity contribution in [1.82, 2.24) is 9.71 Å². The van der Waals surface area contributed by atoms with Crippen LogP contribution in [0.2, 0.25) is 4.34 Å². The van der Waals surface area contributed by atoms with Crippen molar-refractivity contribution in [3.63, 3.8) is 0 Å². The van der Waals surface area contributed by atoms with Crippen molar-refractivity contribution in [2.24, 2.45) is 5.92 Å². The van der Waals surface area contributed by atoms with E-state index in [0.717, 1.165) is 20.7 Å². The van der Waals surface area contributed by atoms with Crippen molar-refractivity contribution in [3.05, 3.63) is 46.4 Å². The highest BCUT2D eigenvalue weighted by Gasteiger charge is 2.37. The zero-order chi connectivity index (χ0) is 25.0. The lowest BCUT2D eigenvalue weighted by molar-refractivity contribution is -0.141. The number of halogens is 4. The summed E-state index contributed by atoms with van der Waals surface area (Å²) in [6, 6.07) is 8.14. The Morgan fingerprint density at radius 2 is 1.79 bits per heavy atom. The first kappa shape index (κ1) is 24.9. The summed E-state index contributed by atoms with van der Waals surface area (Å²) in [5.74, 6) is -1.74. The van der Waals surface area contributed by atoms with Gasteiger partial charge in [-0.1, -0.05) is 37.6 Å². The standard InChI is InChI=1S/C21H16ClF3N2O4S3/c1-9(2)16(20(28)29)27-34(30,31)11-4-6-14-13(8-11)12-5-3-10(7-15(12)32-14)19-26-17(18(22)33-19)21(23,24)25/h3-9,16,27H,1-2H3,(H,28,29)/t16-/m1/s1. The molecule has 34 heavy (non-hydrogen) atoms. The van der Waals surface area contributed by atoms with E-state index in [1.807, 2.05) is 0 Å². The van der Waals surface area contributed by atoms with E-state index in [0.29, 0.717) is 16.3 Å². The van der Waals surface area contributed by atoms with Gasteiger partial charge in [-0.2, -0.15) is 17.9 Å². The van der Waals surface area contributed by atoms with E-state index >= 15 is 0 Å². The van der Waals surface area contributed by atoms with Crippen molar-refractivity contribution in [1.29, 1.82) is 0 Å². The summed E-state index contributed by atoms with van der Waals surface area (Å²) < 4.78 is 68.1. The minimum absolute atomic E-state index is 0.0859. The van der Waals surface area contributed by atoms with Gasteiger partial charge >= 0.3 is 12.1 Å². The van der Waals surface area contributed by atoms with Gasteiger partial charge in [-0.3, -0.25) is 4.79 Å². The fourth-order valence-corrected chi connectivity index (χ4v) is 7.03. The lowest BCUT2D eigenvalue weighted by Gasteiger charge is -2.18. The van der Waals surface area contributed by atoms with Gasteiger partial charge in [-0.05, 0) is 30.2 Å². The van der Waals surface area contributed by atoms with Crippen molar-refractivity contribution in [2.75, 3.05) is 0 Å². The molecule has 0 spiro atoms. The van der Waals surface area contributed by atoms with E-state index in [4.69, 9.17) is 11.6 Å². The van der Waals surface area contributed by atoms with Gasteiger partial charge in [0.1, 0.15) is 15.4 Å². The van der Waals surface area contributed by atoms with Crippen LogP contribution in [0.4, 0.5) is 13.2 Å². The van der Waals surface area contributed by atoms with E-state index in [1.165, 1.54) is 23.5 Å². The van der Waals surface area contributed by atoms with Crippen LogP contribution >= 0.6 is 34.3 Å². The molecular formula is C21H16ClF3N2O4S3. The molecule has 0 saturated heterocycles. The molecule has 13 heteroatoms. The first-order valence-corrected chi connectivity index (χ1v) is 13.2. The quantitative estimate of drug-likeness (QED) is 0.297. The summed E-state index contributed by atoms with van der Waals surface area (Å²) >= 11 is 7.81. The molecule has 2 aromatic heterocycles. The molecule has 6 nitrogen and oxygen atoms in total. The highest BCUT2D eigenvalue weighted by Crippen LogP contribution is 2.42. The van der Waals surface area contributed by atoms with Crippen molar-refractivity contribution < 1.29 is 31.5 Å². The van der Waals surface area contributed by atoms with Gasteiger partial charge in [-0.15, -0.1) is 22.7 Å². The first-order valence-electron chi connectivity index (χ1n) is 9.73. The molecule has 4 aromatic rings. The molecule has 2 N–H and O–H groups in total. The fourth-order valence-electron chi connectivity index (χ4n) is 3.36. The second kappa shape index (κ2) is 8.76. The largest absolute Gasteiger partial charge is 0.480 e. The summed E-state index contributed by atoms with van der Waals surface area (Å²) in [7, 11) is -4.11. The number of hydrogen-bond acceptors (Lipinski definition) is 6. The lowest BCUT2D eigenvalue weighted by Crippen LogP contribution is -2.44. The van der Waals surface area contributed by atoms with E-state index in [9.17, 15) is 31.5 Å². The zero-order valence-electron chi connectivity index (χ0n) is 17.5. The molecule has 0 fully saturated rings. The topological polar surface area (TPSA) is 96.4 Å². The Morgan fingerprint density at radius 1 is 1.09 bits per heavy atom. The normalized spacial score (nSPS) is 13.7. The number of carboxylic acid groups (broad SMARTS) is 1. The number of fused-ring (bicyclic) bond motifs is 3. The number of aromatic nitrogens is 1. The smallest absolute Gasteiger partial charge is 0.435 e. The number of hydrogen-bond donors (Lipinski definition) is 2. The van der Waals surface area contributed by atoms with Crippen molar-refractivity contribution >= 4 is 70.4 Å². The van der Waals surface area contributed by atoms with Gasteiger partial charge in [0, 0.05) is 25.7 Å². The van der Waals surface area contributed by atoms with Crippen LogP contribution in [0.5, 0.6) is 0 Å². The number of aliphatic carboxylic acids is 1. The van der Waals surface area contributed by atoms with Crippen LogP contribution in [0.25, 0.3) is 30.7 Å². The van der Waals surface area contributed by atoms with Crippen LogP contribution in [-0.4, -0.2) is 30.5 Å². The zero-order valence-corrected chi connectivity index (χ0v) is 20.7. The minimum Gasteiger partial charge on any atom is -0.480 e. The van der Waals surface area contributed by atoms with Crippen LogP contribution in [0, 0.1) is 5.92 Å². The maximum atomic E-state index is 13.0. The number of carboxylic acids is 1. The van der Waals surface area contributed by atoms with Crippen LogP contribution in [0.15, 0.2) is 41.3 Å². The predicted octanol–water partition coefficient (Wildman–Crippen LogP) is 6.24. The van der Waals surface area contributed by atoms with Crippen LogP contribution in [0.3, 0.4) is 0 Å². The average Bonchev–Trinajstić information content (AvgIpc) is 3.30. The van der Waals surface area contributed by atoms with Crippen LogP contribution in [-0.2, 0) is 21.0 Å². The number of sulfonamides is 1. The molecule has 4 rings (SSSR count). The Labute approximate surface area is 205 Å². The summed E-state index contributed by atoms with van der Waals surface area (Å²) in [6.07, 6.45) is -4.65. The van der Waals surface area contributed by atoms with E-state index in [1.54, 1.807) is 38.1 Å². The third kappa shape index (κ3) is 4.65. The summed E-state index contributed by atoms with van der Waals surface area (Å²) in [5, 5.41) is 10.8. The average molecular weight is 549 g/mol. The molecule has 0 aliphatic rings. The number of rotatable bonds is 6. The first-order chi connectivity index (χ1) is 15.8. The highest BCUT2D eigenvalue weighted by molar-refractivity contribution is 7.89. The van der Waals surface area contributed by atoms with Crippen LogP contribution < -0.4 is 4.72 Å². The second-order valence-corrected chi connectivity index (χ2v) is 12.2. The molecule has 0 aliphatic heterocycles. The van der Waals surface area contributed by atoms with E-state index in [-0.39, 0.29) is 9.90 Å². The van der Waals surface area contributed by atoms with E-state index < -0.39 is 44.2 Å². The number of alkyl halides is 3. The van der Waals surface area contributed by atoms with E-state index in [2.05, 4.69) is 9.71 Å². The van der Waals surface area contributed by atoms with Gasteiger partial charge in [0.05, 0.1) is 4.90 Å². The van der Waals surface area contributed by atoms with Crippen LogP contribution in [0.1, 0.15) is 19.5 Å². The molecule has 0 unspecified atom stereocenters. The maximum Gasteiger partial charge on any atom is 0.435 e. The summed E-state index contributed by atoms with van der Waals surface area (Å²) in [4.78, 5) is 15.0. The SMILES string of the molecule is CC(C)[C@@H](NS(=O)(=O)c1ccc2sc3cc(-c4nc(C(F)(F)F)c(Cl)s4)ccc3c2c1)C(=O)O. The minimum atomic E-state index is -4.65. The Kier molecular flexibility index (Phi) is 6.40. The highest BCUT2D eigenvalue weighted by atomic mass is 35.5. The van der Waals surface area contributed by atoms with Gasteiger partial charge in [0.25, 0.3) is 0 Å². The third-order valence-electron chi connectivity index (χ3n) is 5.07. The third-order valence-corrected chi connectivity index (χ3v) is 8.94. The number of nitrogens with zero attached hydrogens (tertiary/aromatic N) is 1. The Hall–Kier alpha value is -2.25. The summed E-state index contributed by atoms with van der Waals surface area (Å²) in [6.45, 7) is 3.20. The number of nitrogens with one attached hydrogen (secondary N) is 1. The molecule has 0 radical (unpaired) electrons. The molecule has 0 amide bonds. The Bertz CT molecular complexity index is 1530. The lowest BCUT2D eigenvalue weighted by atomic mass is 10.1.